The highest BCUT2D eigenvalue weighted by atomic mass is 19.4. The first-order valence-corrected chi connectivity index (χ1v) is 12.4. The molecule has 2 aliphatic rings. The Balaban J connectivity index is 1.98. The Morgan fingerprint density at radius 3 is 2.20 bits per heavy atom. The van der Waals surface area contributed by atoms with E-state index in [0.29, 0.717) is 38.0 Å². The molecule has 1 spiro atoms. The average molecular weight is 492 g/mol. The van der Waals surface area contributed by atoms with Gasteiger partial charge in [-0.2, -0.15) is 13.2 Å². The molecule has 2 aliphatic heterocycles. The van der Waals surface area contributed by atoms with Crippen LogP contribution in [0.3, 0.4) is 0 Å². The van der Waals surface area contributed by atoms with Gasteiger partial charge in [-0.25, -0.2) is 0 Å². The highest BCUT2D eigenvalue weighted by Gasteiger charge is 2.51. The zero-order valence-corrected chi connectivity index (χ0v) is 21.4. The van der Waals surface area contributed by atoms with E-state index >= 15 is 0 Å². The normalized spacial score (nSPS) is 20.9. The number of aliphatic hydroxyl groups excluding tert-OH is 1. The molecule has 2 atom stereocenters. The van der Waals surface area contributed by atoms with Gasteiger partial charge >= 0.3 is 6.18 Å². The van der Waals surface area contributed by atoms with Gasteiger partial charge in [-0.15, -0.1) is 0 Å². The van der Waals surface area contributed by atoms with Crippen molar-refractivity contribution in [2.75, 3.05) is 13.2 Å². The maximum atomic E-state index is 13.2. The standard InChI is InChI=1S/C28H36F3NO3/c1-16(2)15-20(33)21-17(3)32-25(26(4,5)6)22-23(21)27(11-13-34-14-12-27)35-24(22)18-7-9-19(10-8-18)28(29,30)31/h7-10,16,20,24,33H,11-15H2,1-6H3. The average Bonchev–Trinajstić information content (AvgIpc) is 3.06. The van der Waals surface area contributed by atoms with E-state index in [4.69, 9.17) is 14.5 Å². The van der Waals surface area contributed by atoms with Gasteiger partial charge in [0.1, 0.15) is 6.10 Å². The molecule has 1 saturated heterocycles. The molecular formula is C28H36F3NO3. The first kappa shape index (κ1) is 26.1. The summed E-state index contributed by atoms with van der Waals surface area (Å²) in [6.07, 6.45) is -3.87. The number of ether oxygens (including phenoxy) is 2. The summed E-state index contributed by atoms with van der Waals surface area (Å²) in [5, 5.41) is 11.4. The number of hydrogen-bond donors (Lipinski definition) is 1. The smallest absolute Gasteiger partial charge is 0.388 e. The summed E-state index contributed by atoms with van der Waals surface area (Å²) < 4.78 is 52.3. The van der Waals surface area contributed by atoms with Crippen LogP contribution in [0.25, 0.3) is 0 Å². The summed E-state index contributed by atoms with van der Waals surface area (Å²) in [5.41, 5.74) is 3.26. The van der Waals surface area contributed by atoms with Crippen molar-refractivity contribution >= 4 is 0 Å². The summed E-state index contributed by atoms with van der Waals surface area (Å²) >= 11 is 0. The predicted octanol–water partition coefficient (Wildman–Crippen LogP) is 6.91. The molecular weight excluding hydrogens is 455 g/mol. The number of aromatic nitrogens is 1. The molecule has 7 heteroatoms. The summed E-state index contributed by atoms with van der Waals surface area (Å²) in [4.78, 5) is 5.00. The molecule has 1 fully saturated rings. The van der Waals surface area contributed by atoms with Crippen molar-refractivity contribution in [1.82, 2.24) is 4.98 Å². The first-order chi connectivity index (χ1) is 16.2. The van der Waals surface area contributed by atoms with Crippen LogP contribution in [0, 0.1) is 12.8 Å². The minimum atomic E-state index is -4.40. The van der Waals surface area contributed by atoms with E-state index in [-0.39, 0.29) is 11.3 Å². The minimum Gasteiger partial charge on any atom is -0.388 e. The number of benzene rings is 1. The number of hydrogen-bond acceptors (Lipinski definition) is 4. The van der Waals surface area contributed by atoms with Crippen LogP contribution in [0.15, 0.2) is 24.3 Å². The molecule has 1 N–H and O–H groups in total. The van der Waals surface area contributed by atoms with Crippen molar-refractivity contribution in [3.05, 3.63) is 63.5 Å². The van der Waals surface area contributed by atoms with Crippen molar-refractivity contribution in [3.63, 3.8) is 0 Å². The van der Waals surface area contributed by atoms with Crippen LogP contribution >= 0.6 is 0 Å². The van der Waals surface area contributed by atoms with Crippen LogP contribution in [-0.2, 0) is 26.7 Å². The summed E-state index contributed by atoms with van der Waals surface area (Å²) in [5.74, 6) is 0.279. The fraction of sp³-hybridized carbons (Fsp3) is 0.607. The molecule has 0 amide bonds. The van der Waals surface area contributed by atoms with E-state index in [0.717, 1.165) is 40.2 Å². The number of aliphatic hydroxyl groups is 1. The van der Waals surface area contributed by atoms with Crippen LogP contribution in [0.5, 0.6) is 0 Å². The van der Waals surface area contributed by atoms with Crippen molar-refractivity contribution in [1.29, 1.82) is 0 Å². The monoisotopic (exact) mass is 491 g/mol. The number of nitrogens with zero attached hydrogens (tertiary/aromatic N) is 1. The van der Waals surface area contributed by atoms with Gasteiger partial charge in [-0.1, -0.05) is 46.8 Å². The second-order valence-corrected chi connectivity index (χ2v) is 11.4. The Hall–Kier alpha value is -1.96. The van der Waals surface area contributed by atoms with Gasteiger partial charge in [-0.05, 0) is 42.5 Å². The van der Waals surface area contributed by atoms with E-state index < -0.39 is 29.5 Å². The molecule has 3 heterocycles. The van der Waals surface area contributed by atoms with Gasteiger partial charge in [0, 0.05) is 48.3 Å². The SMILES string of the molecule is Cc1nc(C(C)(C)C)c2c(c1C(O)CC(C)C)C1(CCOCC1)OC2c1ccc(C(F)(F)F)cc1. The Labute approximate surface area is 205 Å². The first-order valence-electron chi connectivity index (χ1n) is 12.4. The van der Waals surface area contributed by atoms with Crippen molar-refractivity contribution in [2.45, 2.75) is 90.2 Å². The molecule has 35 heavy (non-hydrogen) atoms. The fourth-order valence-electron chi connectivity index (χ4n) is 5.52. The molecule has 192 valence electrons. The van der Waals surface area contributed by atoms with E-state index in [1.807, 2.05) is 6.92 Å². The maximum absolute atomic E-state index is 13.2. The quantitative estimate of drug-likeness (QED) is 0.505. The van der Waals surface area contributed by atoms with Crippen LogP contribution in [0.2, 0.25) is 0 Å². The van der Waals surface area contributed by atoms with Gasteiger partial charge in [0.05, 0.1) is 23.0 Å². The molecule has 2 unspecified atom stereocenters. The third-order valence-electron chi connectivity index (χ3n) is 7.10. The number of pyridine rings is 1. The largest absolute Gasteiger partial charge is 0.416 e. The predicted molar refractivity (Wildman–Crippen MR) is 128 cm³/mol. The van der Waals surface area contributed by atoms with Crippen LogP contribution in [0.4, 0.5) is 13.2 Å². The van der Waals surface area contributed by atoms with Gasteiger partial charge in [-0.3, -0.25) is 4.98 Å². The molecule has 0 bridgehead atoms. The number of alkyl halides is 3. The Morgan fingerprint density at radius 1 is 1.09 bits per heavy atom. The van der Waals surface area contributed by atoms with E-state index in [2.05, 4.69) is 34.6 Å². The van der Waals surface area contributed by atoms with Crippen LogP contribution in [0.1, 0.15) is 105 Å². The Morgan fingerprint density at radius 2 is 1.69 bits per heavy atom. The molecule has 0 radical (unpaired) electrons. The summed E-state index contributed by atoms with van der Waals surface area (Å²) in [6.45, 7) is 13.4. The number of aryl methyl sites for hydroxylation is 1. The molecule has 1 aromatic carbocycles. The lowest BCUT2D eigenvalue weighted by atomic mass is 9.75. The number of halogens is 3. The van der Waals surface area contributed by atoms with E-state index in [1.54, 1.807) is 0 Å². The molecule has 0 saturated carbocycles. The fourth-order valence-corrected chi connectivity index (χ4v) is 5.52. The van der Waals surface area contributed by atoms with E-state index in [9.17, 15) is 18.3 Å². The summed E-state index contributed by atoms with van der Waals surface area (Å²) in [7, 11) is 0. The lowest BCUT2D eigenvalue weighted by molar-refractivity contribution is -0.137. The number of fused-ring (bicyclic) bond motifs is 2. The third-order valence-corrected chi connectivity index (χ3v) is 7.10. The number of rotatable bonds is 4. The zero-order valence-electron chi connectivity index (χ0n) is 21.4. The van der Waals surface area contributed by atoms with Crippen molar-refractivity contribution < 1.29 is 27.8 Å². The van der Waals surface area contributed by atoms with E-state index in [1.165, 1.54) is 12.1 Å². The van der Waals surface area contributed by atoms with Crippen molar-refractivity contribution in [2.24, 2.45) is 5.92 Å². The highest BCUT2D eigenvalue weighted by molar-refractivity contribution is 5.54. The van der Waals surface area contributed by atoms with Gasteiger partial charge in [0.2, 0.25) is 0 Å². The summed E-state index contributed by atoms with van der Waals surface area (Å²) in [6, 6.07) is 5.23. The molecule has 4 nitrogen and oxygen atoms in total. The maximum Gasteiger partial charge on any atom is 0.416 e. The van der Waals surface area contributed by atoms with Gasteiger partial charge in [0.25, 0.3) is 0 Å². The van der Waals surface area contributed by atoms with Crippen LogP contribution < -0.4 is 0 Å². The second-order valence-electron chi connectivity index (χ2n) is 11.4. The lowest BCUT2D eigenvalue weighted by Gasteiger charge is -2.36. The molecule has 1 aromatic heterocycles. The second kappa shape index (κ2) is 9.16. The van der Waals surface area contributed by atoms with Gasteiger partial charge in [0.15, 0.2) is 0 Å². The Bertz CT molecular complexity index is 1060. The van der Waals surface area contributed by atoms with Crippen LogP contribution in [-0.4, -0.2) is 23.3 Å². The molecule has 2 aromatic rings. The zero-order chi connectivity index (χ0) is 25.8. The molecule has 4 rings (SSSR count). The third kappa shape index (κ3) is 4.87. The minimum absolute atomic E-state index is 0.279. The Kier molecular flexibility index (Phi) is 6.84. The molecule has 0 aliphatic carbocycles. The highest BCUT2D eigenvalue weighted by Crippen LogP contribution is 2.56. The van der Waals surface area contributed by atoms with Crippen molar-refractivity contribution in [3.8, 4) is 0 Å². The lowest BCUT2D eigenvalue weighted by Crippen LogP contribution is -2.35. The van der Waals surface area contributed by atoms with Gasteiger partial charge < -0.3 is 14.6 Å². The topological polar surface area (TPSA) is 51.6 Å².